The summed E-state index contributed by atoms with van der Waals surface area (Å²) in [5.41, 5.74) is 1.26. The van der Waals surface area contributed by atoms with E-state index in [0.717, 1.165) is 12.4 Å². The number of thiophene rings is 1. The average molecular weight is 270 g/mol. The van der Waals surface area contributed by atoms with Crippen LogP contribution in [0.15, 0.2) is 42.4 Å². The fourth-order valence-corrected chi connectivity index (χ4v) is 3.11. The summed E-state index contributed by atoms with van der Waals surface area (Å²) in [5, 5.41) is 2.09. The third kappa shape index (κ3) is 2.00. The van der Waals surface area contributed by atoms with Gasteiger partial charge in [-0.2, -0.15) is 0 Å². The highest BCUT2D eigenvalue weighted by molar-refractivity contribution is 7.13. The normalized spacial score (nSPS) is 14.9. The van der Waals surface area contributed by atoms with E-state index in [1.165, 1.54) is 23.4 Å². The van der Waals surface area contributed by atoms with Crippen molar-refractivity contribution in [3.05, 3.63) is 48.1 Å². The first-order valence-electron chi connectivity index (χ1n) is 6.47. The quantitative estimate of drug-likeness (QED) is 0.730. The highest BCUT2D eigenvalue weighted by atomic mass is 32.1. The molecule has 3 aromatic heterocycles. The van der Waals surface area contributed by atoms with Crippen molar-refractivity contribution in [3.63, 3.8) is 0 Å². The minimum absolute atomic E-state index is 0.672. The molecule has 3 heterocycles. The van der Waals surface area contributed by atoms with Crippen LogP contribution in [0.5, 0.6) is 0 Å². The molecule has 0 aromatic carbocycles. The van der Waals surface area contributed by atoms with Crippen molar-refractivity contribution in [2.45, 2.75) is 25.4 Å². The van der Waals surface area contributed by atoms with Gasteiger partial charge in [0.05, 0.1) is 23.4 Å². The Bertz CT molecular complexity index is 676. The van der Waals surface area contributed by atoms with Crippen LogP contribution in [0, 0.1) is 0 Å². The van der Waals surface area contributed by atoms with E-state index in [0.29, 0.717) is 6.04 Å². The Morgan fingerprint density at radius 3 is 3.11 bits per heavy atom. The zero-order valence-electron chi connectivity index (χ0n) is 10.4. The molecule has 4 nitrogen and oxygen atoms in total. The molecular weight excluding hydrogens is 256 g/mol. The number of hydrogen-bond acceptors (Lipinski definition) is 3. The van der Waals surface area contributed by atoms with Gasteiger partial charge in [0.15, 0.2) is 0 Å². The van der Waals surface area contributed by atoms with Gasteiger partial charge in [-0.15, -0.1) is 11.3 Å². The monoisotopic (exact) mass is 270 g/mol. The van der Waals surface area contributed by atoms with E-state index in [2.05, 4.69) is 36.6 Å². The lowest BCUT2D eigenvalue weighted by Crippen LogP contribution is -2.06. The van der Waals surface area contributed by atoms with Crippen molar-refractivity contribution < 1.29 is 0 Å². The second-order valence-electron chi connectivity index (χ2n) is 4.88. The molecular formula is C14H14N4S. The van der Waals surface area contributed by atoms with E-state index >= 15 is 0 Å². The van der Waals surface area contributed by atoms with E-state index in [1.54, 1.807) is 11.3 Å². The van der Waals surface area contributed by atoms with Crippen molar-refractivity contribution in [1.82, 2.24) is 19.1 Å². The van der Waals surface area contributed by atoms with Crippen LogP contribution >= 0.6 is 11.3 Å². The van der Waals surface area contributed by atoms with Crippen LogP contribution < -0.4 is 0 Å². The Hall–Kier alpha value is -1.88. The zero-order valence-corrected chi connectivity index (χ0v) is 11.3. The largest absolute Gasteiger partial charge is 0.330 e. The Morgan fingerprint density at radius 2 is 2.32 bits per heavy atom. The van der Waals surface area contributed by atoms with Crippen molar-refractivity contribution in [2.75, 3.05) is 0 Å². The van der Waals surface area contributed by atoms with Crippen LogP contribution in [0.1, 0.15) is 24.6 Å². The number of aromatic nitrogens is 4. The maximum absolute atomic E-state index is 4.47. The minimum Gasteiger partial charge on any atom is -0.330 e. The maximum Gasteiger partial charge on any atom is 0.150 e. The van der Waals surface area contributed by atoms with Gasteiger partial charge in [-0.1, -0.05) is 6.07 Å². The fraction of sp³-hybridized carbons (Fsp3) is 0.286. The molecule has 4 rings (SSSR count). The molecule has 0 N–H and O–H groups in total. The predicted octanol–water partition coefficient (Wildman–Crippen LogP) is 3.19. The molecule has 5 heteroatoms. The Labute approximate surface area is 115 Å². The predicted molar refractivity (Wildman–Crippen MR) is 75.1 cm³/mol. The fourth-order valence-electron chi connectivity index (χ4n) is 2.38. The van der Waals surface area contributed by atoms with Gasteiger partial charge in [0.1, 0.15) is 5.82 Å². The summed E-state index contributed by atoms with van der Waals surface area (Å²) in [5.74, 6) is 1.04. The second-order valence-corrected chi connectivity index (χ2v) is 5.83. The third-order valence-electron chi connectivity index (χ3n) is 3.48. The van der Waals surface area contributed by atoms with E-state index < -0.39 is 0 Å². The first kappa shape index (κ1) is 11.0. The van der Waals surface area contributed by atoms with Crippen LogP contribution in [0.25, 0.3) is 10.7 Å². The van der Waals surface area contributed by atoms with Crippen molar-refractivity contribution in [1.29, 1.82) is 0 Å². The van der Waals surface area contributed by atoms with Crippen LogP contribution in [-0.4, -0.2) is 19.1 Å². The zero-order chi connectivity index (χ0) is 12.7. The summed E-state index contributed by atoms with van der Waals surface area (Å²) >= 11 is 1.72. The molecule has 1 aliphatic rings. The Kier molecular flexibility index (Phi) is 2.51. The van der Waals surface area contributed by atoms with Crippen LogP contribution in [0.3, 0.4) is 0 Å². The van der Waals surface area contributed by atoms with Crippen LogP contribution in [0.2, 0.25) is 0 Å². The van der Waals surface area contributed by atoms with E-state index in [9.17, 15) is 0 Å². The molecule has 0 radical (unpaired) electrons. The molecule has 1 fully saturated rings. The lowest BCUT2D eigenvalue weighted by molar-refractivity contribution is 0.659. The summed E-state index contributed by atoms with van der Waals surface area (Å²) in [6.07, 6.45) is 10.4. The first-order valence-corrected chi connectivity index (χ1v) is 7.35. The molecule has 3 aromatic rings. The molecule has 1 saturated carbocycles. The van der Waals surface area contributed by atoms with Gasteiger partial charge in [-0.05, 0) is 24.3 Å². The molecule has 19 heavy (non-hydrogen) atoms. The summed E-state index contributed by atoms with van der Waals surface area (Å²) in [6, 6.07) is 4.85. The van der Waals surface area contributed by atoms with Gasteiger partial charge in [-0.25, -0.2) is 9.97 Å². The number of nitrogens with zero attached hydrogens (tertiary/aromatic N) is 4. The standard InChI is InChI=1S/C14H14N4S/c1-2-13(19-7-1)14-16-5-6-17(14)9-12-8-15-10-18(12)11-3-4-11/h1-2,5-8,10-11H,3-4,9H2. The average Bonchev–Trinajstić information content (AvgIpc) is 2.90. The SMILES string of the molecule is c1csc(-c2nccn2Cc2cncn2C2CC2)c1. The van der Waals surface area contributed by atoms with Gasteiger partial charge in [-0.3, -0.25) is 0 Å². The van der Waals surface area contributed by atoms with E-state index in [-0.39, 0.29) is 0 Å². The van der Waals surface area contributed by atoms with Crippen LogP contribution in [-0.2, 0) is 6.54 Å². The van der Waals surface area contributed by atoms with Crippen molar-refractivity contribution in [2.24, 2.45) is 0 Å². The molecule has 0 saturated heterocycles. The molecule has 0 spiro atoms. The molecule has 0 amide bonds. The third-order valence-corrected chi connectivity index (χ3v) is 4.34. The van der Waals surface area contributed by atoms with Crippen molar-refractivity contribution in [3.8, 4) is 10.7 Å². The van der Waals surface area contributed by atoms with Gasteiger partial charge in [0.2, 0.25) is 0 Å². The first-order chi connectivity index (χ1) is 9.42. The summed E-state index contributed by atoms with van der Waals surface area (Å²) < 4.78 is 4.50. The molecule has 0 atom stereocenters. The minimum atomic E-state index is 0.672. The molecule has 0 unspecified atom stereocenters. The topological polar surface area (TPSA) is 35.6 Å². The smallest absolute Gasteiger partial charge is 0.150 e. The lowest BCUT2D eigenvalue weighted by Gasteiger charge is -2.09. The molecule has 0 bridgehead atoms. The summed E-state index contributed by atoms with van der Waals surface area (Å²) in [7, 11) is 0. The van der Waals surface area contributed by atoms with E-state index in [4.69, 9.17) is 0 Å². The Balaban J connectivity index is 1.67. The van der Waals surface area contributed by atoms with Crippen LogP contribution in [0.4, 0.5) is 0 Å². The van der Waals surface area contributed by atoms with Crippen molar-refractivity contribution >= 4 is 11.3 Å². The molecule has 1 aliphatic carbocycles. The van der Waals surface area contributed by atoms with E-state index in [1.807, 2.05) is 24.9 Å². The second kappa shape index (κ2) is 4.35. The molecule has 96 valence electrons. The Morgan fingerprint density at radius 1 is 1.37 bits per heavy atom. The van der Waals surface area contributed by atoms with Gasteiger partial charge in [0, 0.05) is 24.6 Å². The summed E-state index contributed by atoms with van der Waals surface area (Å²) in [6.45, 7) is 0.837. The lowest BCUT2D eigenvalue weighted by atomic mass is 10.4. The maximum atomic E-state index is 4.47. The molecule has 0 aliphatic heterocycles. The van der Waals surface area contributed by atoms with Gasteiger partial charge >= 0.3 is 0 Å². The number of imidazole rings is 2. The number of hydrogen-bond donors (Lipinski definition) is 0. The number of rotatable bonds is 4. The van der Waals surface area contributed by atoms with Gasteiger partial charge < -0.3 is 9.13 Å². The van der Waals surface area contributed by atoms with Gasteiger partial charge in [0.25, 0.3) is 0 Å². The summed E-state index contributed by atoms with van der Waals surface area (Å²) in [4.78, 5) is 9.97. The highest BCUT2D eigenvalue weighted by Crippen LogP contribution is 2.36. The highest BCUT2D eigenvalue weighted by Gasteiger charge is 2.25.